The minimum atomic E-state index is 0.127. The Morgan fingerprint density at radius 3 is 2.85 bits per heavy atom. The van der Waals surface area contributed by atoms with E-state index in [2.05, 4.69) is 19.9 Å². The molecule has 20 heavy (non-hydrogen) atoms. The Hall–Kier alpha value is -2.63. The van der Waals surface area contributed by atoms with Crippen molar-refractivity contribution in [3.8, 4) is 17.1 Å². The van der Waals surface area contributed by atoms with E-state index in [-0.39, 0.29) is 6.10 Å². The van der Waals surface area contributed by atoms with Gasteiger partial charge in [0, 0.05) is 5.56 Å². The number of nitrogen functional groups attached to an aromatic ring is 1. The number of nitrogens with one attached hydrogen (secondary N) is 1. The molecular weight excluding hydrogens is 254 g/mol. The molecule has 0 radical (unpaired) electrons. The molecule has 0 saturated heterocycles. The normalized spacial score (nSPS) is 11.2. The van der Waals surface area contributed by atoms with E-state index in [9.17, 15) is 0 Å². The molecule has 0 atom stereocenters. The molecule has 2 aromatic heterocycles. The summed E-state index contributed by atoms with van der Waals surface area (Å²) >= 11 is 0. The average molecular weight is 269 g/mol. The predicted molar refractivity (Wildman–Crippen MR) is 77.3 cm³/mol. The molecule has 0 saturated carbocycles. The van der Waals surface area contributed by atoms with Crippen LogP contribution in [0.25, 0.3) is 22.6 Å². The number of H-pyrrole nitrogens is 1. The molecule has 3 rings (SSSR count). The van der Waals surface area contributed by atoms with Crippen molar-refractivity contribution >= 4 is 17.0 Å². The number of rotatable bonds is 3. The third-order valence-corrected chi connectivity index (χ3v) is 2.80. The Bertz CT molecular complexity index is 750. The van der Waals surface area contributed by atoms with Gasteiger partial charge in [-0.25, -0.2) is 15.0 Å². The summed E-state index contributed by atoms with van der Waals surface area (Å²) < 4.78 is 5.68. The first-order valence-corrected chi connectivity index (χ1v) is 6.37. The lowest BCUT2D eigenvalue weighted by Crippen LogP contribution is -2.05. The molecule has 0 aliphatic heterocycles. The molecule has 0 unspecified atom stereocenters. The predicted octanol–water partition coefficient (Wildman–Crippen LogP) is 2.39. The minimum absolute atomic E-state index is 0.127. The lowest BCUT2D eigenvalue weighted by molar-refractivity contribution is 0.242. The molecule has 3 aromatic rings. The van der Waals surface area contributed by atoms with Crippen LogP contribution in [0.4, 0.5) is 5.82 Å². The first-order chi connectivity index (χ1) is 9.63. The van der Waals surface area contributed by atoms with Crippen LogP contribution in [0.15, 0.2) is 30.6 Å². The maximum absolute atomic E-state index is 5.80. The highest BCUT2D eigenvalue weighted by molar-refractivity contribution is 5.84. The van der Waals surface area contributed by atoms with Crippen molar-refractivity contribution in [2.75, 3.05) is 5.73 Å². The Balaban J connectivity index is 2.04. The number of benzene rings is 1. The van der Waals surface area contributed by atoms with Gasteiger partial charge in [-0.1, -0.05) is 12.1 Å². The van der Waals surface area contributed by atoms with Crippen LogP contribution in [0.1, 0.15) is 13.8 Å². The summed E-state index contributed by atoms with van der Waals surface area (Å²) in [6.45, 7) is 3.98. The molecule has 0 fully saturated rings. The second-order valence-corrected chi connectivity index (χ2v) is 4.74. The van der Waals surface area contributed by atoms with Crippen LogP contribution in [0.5, 0.6) is 5.75 Å². The summed E-state index contributed by atoms with van der Waals surface area (Å²) in [5.41, 5.74) is 7.92. The fourth-order valence-corrected chi connectivity index (χ4v) is 1.97. The molecule has 6 nitrogen and oxygen atoms in total. The number of fused-ring (bicyclic) bond motifs is 1. The molecule has 102 valence electrons. The molecule has 0 spiro atoms. The Labute approximate surface area is 116 Å². The minimum Gasteiger partial charge on any atom is -0.491 e. The van der Waals surface area contributed by atoms with Crippen LogP contribution in [0, 0.1) is 0 Å². The molecular formula is C14H15N5O. The van der Waals surface area contributed by atoms with Crippen LogP contribution in [0.2, 0.25) is 0 Å². The number of anilines is 1. The number of ether oxygens (including phenoxy) is 1. The number of aromatic nitrogens is 4. The summed E-state index contributed by atoms with van der Waals surface area (Å²) in [4.78, 5) is 15.6. The van der Waals surface area contributed by atoms with E-state index in [1.165, 1.54) is 6.33 Å². The lowest BCUT2D eigenvalue weighted by atomic mass is 10.2. The zero-order chi connectivity index (χ0) is 14.1. The third kappa shape index (κ3) is 2.27. The average Bonchev–Trinajstić information content (AvgIpc) is 2.84. The van der Waals surface area contributed by atoms with E-state index < -0.39 is 0 Å². The Morgan fingerprint density at radius 2 is 2.10 bits per heavy atom. The van der Waals surface area contributed by atoms with Crippen LogP contribution >= 0.6 is 0 Å². The van der Waals surface area contributed by atoms with E-state index in [1.54, 1.807) is 0 Å². The van der Waals surface area contributed by atoms with Crippen molar-refractivity contribution in [3.63, 3.8) is 0 Å². The summed E-state index contributed by atoms with van der Waals surface area (Å²) in [5, 5.41) is 0. The summed E-state index contributed by atoms with van der Waals surface area (Å²) in [5.74, 6) is 1.89. The smallest absolute Gasteiger partial charge is 0.183 e. The summed E-state index contributed by atoms with van der Waals surface area (Å²) in [6.07, 6.45) is 1.53. The van der Waals surface area contributed by atoms with Gasteiger partial charge in [-0.2, -0.15) is 0 Å². The van der Waals surface area contributed by atoms with Crippen LogP contribution in [-0.2, 0) is 0 Å². The van der Waals surface area contributed by atoms with Gasteiger partial charge in [-0.15, -0.1) is 0 Å². The van der Waals surface area contributed by atoms with Gasteiger partial charge in [-0.05, 0) is 26.0 Å². The standard InChI is InChI=1S/C14H15N5O/c1-8(2)20-10-5-3-4-9(6-10)13-18-11-12(15)16-7-17-14(11)19-13/h3-8H,1-2H3,(H3,15,16,17,18,19). The van der Waals surface area contributed by atoms with Gasteiger partial charge in [0.1, 0.15) is 23.4 Å². The molecule has 6 heteroatoms. The van der Waals surface area contributed by atoms with Crippen molar-refractivity contribution in [1.82, 2.24) is 19.9 Å². The molecule has 1 aromatic carbocycles. The number of nitrogens with zero attached hydrogens (tertiary/aromatic N) is 3. The van der Waals surface area contributed by atoms with E-state index in [4.69, 9.17) is 10.5 Å². The van der Waals surface area contributed by atoms with Gasteiger partial charge < -0.3 is 15.5 Å². The maximum Gasteiger partial charge on any atom is 0.183 e. The fraction of sp³-hybridized carbons (Fsp3) is 0.214. The fourth-order valence-electron chi connectivity index (χ4n) is 1.97. The molecule has 0 aliphatic carbocycles. The largest absolute Gasteiger partial charge is 0.491 e. The first kappa shape index (κ1) is 12.4. The first-order valence-electron chi connectivity index (χ1n) is 6.37. The van der Waals surface area contributed by atoms with Crippen molar-refractivity contribution in [1.29, 1.82) is 0 Å². The monoisotopic (exact) mass is 269 g/mol. The highest BCUT2D eigenvalue weighted by atomic mass is 16.5. The van der Waals surface area contributed by atoms with E-state index in [0.29, 0.717) is 22.8 Å². The van der Waals surface area contributed by atoms with Gasteiger partial charge in [0.15, 0.2) is 11.5 Å². The van der Waals surface area contributed by atoms with Crippen molar-refractivity contribution in [3.05, 3.63) is 30.6 Å². The van der Waals surface area contributed by atoms with Gasteiger partial charge >= 0.3 is 0 Å². The number of hydrogen-bond donors (Lipinski definition) is 2. The van der Waals surface area contributed by atoms with Crippen LogP contribution in [0.3, 0.4) is 0 Å². The van der Waals surface area contributed by atoms with Crippen molar-refractivity contribution in [2.24, 2.45) is 0 Å². The summed E-state index contributed by atoms with van der Waals surface area (Å²) in [6, 6.07) is 7.73. The quantitative estimate of drug-likeness (QED) is 0.762. The highest BCUT2D eigenvalue weighted by Gasteiger charge is 2.10. The number of hydrogen-bond acceptors (Lipinski definition) is 5. The van der Waals surface area contributed by atoms with Gasteiger partial charge in [-0.3, -0.25) is 0 Å². The zero-order valence-corrected chi connectivity index (χ0v) is 11.3. The number of aromatic amines is 1. The SMILES string of the molecule is CC(C)Oc1cccc(-c2nc3ncnc(N)c3[nH]2)c1. The number of imidazole rings is 1. The molecule has 3 N–H and O–H groups in total. The van der Waals surface area contributed by atoms with E-state index in [1.807, 2.05) is 38.1 Å². The molecule has 0 bridgehead atoms. The Kier molecular flexibility index (Phi) is 2.98. The molecule has 0 amide bonds. The highest BCUT2D eigenvalue weighted by Crippen LogP contribution is 2.25. The number of nitrogens with two attached hydrogens (primary N) is 1. The van der Waals surface area contributed by atoms with Crippen molar-refractivity contribution in [2.45, 2.75) is 20.0 Å². The Morgan fingerprint density at radius 1 is 1.25 bits per heavy atom. The van der Waals surface area contributed by atoms with Gasteiger partial charge in [0.25, 0.3) is 0 Å². The van der Waals surface area contributed by atoms with Gasteiger partial charge in [0.2, 0.25) is 0 Å². The van der Waals surface area contributed by atoms with Crippen molar-refractivity contribution < 1.29 is 4.74 Å². The van der Waals surface area contributed by atoms with E-state index in [0.717, 1.165) is 11.3 Å². The van der Waals surface area contributed by atoms with Gasteiger partial charge in [0.05, 0.1) is 6.10 Å². The topological polar surface area (TPSA) is 89.7 Å². The summed E-state index contributed by atoms with van der Waals surface area (Å²) in [7, 11) is 0. The molecule has 2 heterocycles. The zero-order valence-electron chi connectivity index (χ0n) is 11.3. The lowest BCUT2D eigenvalue weighted by Gasteiger charge is -2.10. The maximum atomic E-state index is 5.80. The second kappa shape index (κ2) is 4.80. The molecule has 0 aliphatic rings. The second-order valence-electron chi connectivity index (χ2n) is 4.74. The van der Waals surface area contributed by atoms with E-state index >= 15 is 0 Å². The van der Waals surface area contributed by atoms with Crippen LogP contribution < -0.4 is 10.5 Å². The van der Waals surface area contributed by atoms with Crippen LogP contribution in [-0.4, -0.2) is 26.0 Å². The third-order valence-electron chi connectivity index (χ3n) is 2.80.